The van der Waals surface area contributed by atoms with Crippen molar-refractivity contribution in [2.24, 2.45) is 0 Å². The third-order valence-electron chi connectivity index (χ3n) is 4.74. The minimum atomic E-state index is -0.0179. The Hall–Kier alpha value is -1.68. The Morgan fingerprint density at radius 2 is 1.17 bits per heavy atom. The molecule has 2 aromatic rings. The maximum Gasteiger partial charge on any atom is 0.0497 e. The van der Waals surface area contributed by atoms with Gasteiger partial charge in [-0.2, -0.15) is 0 Å². The van der Waals surface area contributed by atoms with Crippen LogP contribution in [0, 0.1) is 0 Å². The Labute approximate surface area is 144 Å². The van der Waals surface area contributed by atoms with E-state index in [1.54, 1.807) is 0 Å². The van der Waals surface area contributed by atoms with Gasteiger partial charge in [-0.3, -0.25) is 0 Å². The molecule has 0 heterocycles. The molecule has 3 unspecified atom stereocenters. The molecule has 2 rings (SSSR count). The van der Waals surface area contributed by atoms with E-state index >= 15 is 0 Å². The minimum absolute atomic E-state index is 0.0177. The molecule has 24 heavy (non-hydrogen) atoms. The zero-order valence-corrected chi connectivity index (χ0v) is 14.7. The average molecular weight is 328 g/mol. The maximum atomic E-state index is 9.73. The summed E-state index contributed by atoms with van der Waals surface area (Å²) in [5.41, 5.74) is 5.36. The van der Waals surface area contributed by atoms with E-state index in [0.717, 1.165) is 27.8 Å². The number of benzene rings is 2. The summed E-state index contributed by atoms with van der Waals surface area (Å²) in [5, 5.41) is 29.0. The molecule has 3 atom stereocenters. The van der Waals surface area contributed by atoms with Crippen molar-refractivity contribution in [3.05, 3.63) is 59.2 Å². The van der Waals surface area contributed by atoms with Gasteiger partial charge in [-0.15, -0.1) is 0 Å². The van der Waals surface area contributed by atoms with Gasteiger partial charge in [0.25, 0.3) is 0 Å². The van der Waals surface area contributed by atoms with E-state index in [4.69, 9.17) is 0 Å². The first-order valence-corrected chi connectivity index (χ1v) is 8.59. The number of hydrogen-bond acceptors (Lipinski definition) is 3. The fourth-order valence-corrected chi connectivity index (χ4v) is 3.01. The van der Waals surface area contributed by atoms with Gasteiger partial charge in [-0.25, -0.2) is 0 Å². The van der Waals surface area contributed by atoms with E-state index in [-0.39, 0.29) is 37.6 Å². The largest absolute Gasteiger partial charge is 0.396 e. The molecular weight excluding hydrogens is 300 g/mol. The van der Waals surface area contributed by atoms with Crippen molar-refractivity contribution < 1.29 is 15.3 Å². The second-order valence-electron chi connectivity index (χ2n) is 6.69. The summed E-state index contributed by atoms with van der Waals surface area (Å²) in [6.07, 6.45) is 0. The molecule has 0 saturated heterocycles. The summed E-state index contributed by atoms with van der Waals surface area (Å²) in [4.78, 5) is 0. The van der Waals surface area contributed by atoms with Crippen LogP contribution in [-0.2, 0) is 0 Å². The van der Waals surface area contributed by atoms with E-state index in [1.165, 1.54) is 0 Å². The third-order valence-corrected chi connectivity index (χ3v) is 4.74. The Bertz CT molecular complexity index is 620. The predicted molar refractivity (Wildman–Crippen MR) is 98.4 cm³/mol. The van der Waals surface area contributed by atoms with Crippen molar-refractivity contribution in [1.82, 2.24) is 0 Å². The van der Waals surface area contributed by atoms with Crippen LogP contribution >= 0.6 is 0 Å². The summed E-state index contributed by atoms with van der Waals surface area (Å²) < 4.78 is 0. The SMILES string of the molecule is CC(CO)c1cc(C(C)CO)c(-c2ccccc2)c(C(C)CO)c1. The van der Waals surface area contributed by atoms with Crippen LogP contribution in [0.25, 0.3) is 11.1 Å². The first-order valence-electron chi connectivity index (χ1n) is 8.59. The fraction of sp³-hybridized carbons (Fsp3) is 0.429. The van der Waals surface area contributed by atoms with E-state index in [1.807, 2.05) is 39.0 Å². The van der Waals surface area contributed by atoms with Crippen LogP contribution in [0.5, 0.6) is 0 Å². The zero-order chi connectivity index (χ0) is 17.7. The van der Waals surface area contributed by atoms with Gasteiger partial charge >= 0.3 is 0 Å². The zero-order valence-electron chi connectivity index (χ0n) is 14.7. The molecule has 3 heteroatoms. The average Bonchev–Trinajstić information content (AvgIpc) is 2.65. The van der Waals surface area contributed by atoms with Crippen LogP contribution in [-0.4, -0.2) is 35.1 Å². The molecule has 2 aromatic carbocycles. The maximum absolute atomic E-state index is 9.73. The van der Waals surface area contributed by atoms with Crippen molar-refractivity contribution in [1.29, 1.82) is 0 Å². The molecule has 0 radical (unpaired) electrons. The summed E-state index contributed by atoms with van der Waals surface area (Å²) in [6, 6.07) is 14.3. The molecule has 0 aliphatic heterocycles. The van der Waals surface area contributed by atoms with Gasteiger partial charge in [0, 0.05) is 37.6 Å². The van der Waals surface area contributed by atoms with Crippen LogP contribution in [0.4, 0.5) is 0 Å². The Kier molecular flexibility index (Phi) is 6.55. The Morgan fingerprint density at radius 3 is 1.58 bits per heavy atom. The molecule has 130 valence electrons. The number of rotatable bonds is 7. The van der Waals surface area contributed by atoms with Crippen molar-refractivity contribution in [2.45, 2.75) is 38.5 Å². The summed E-state index contributed by atoms with van der Waals surface area (Å²) in [6.45, 7) is 6.18. The molecule has 0 spiro atoms. The minimum Gasteiger partial charge on any atom is -0.396 e. The van der Waals surface area contributed by atoms with Gasteiger partial charge in [0.2, 0.25) is 0 Å². The first-order chi connectivity index (χ1) is 11.5. The van der Waals surface area contributed by atoms with Crippen LogP contribution in [0.3, 0.4) is 0 Å². The topological polar surface area (TPSA) is 60.7 Å². The highest BCUT2D eigenvalue weighted by atomic mass is 16.3. The van der Waals surface area contributed by atoms with Gasteiger partial charge in [-0.05, 0) is 27.8 Å². The Balaban J connectivity index is 2.77. The molecule has 3 N–H and O–H groups in total. The second kappa shape index (κ2) is 8.43. The molecular formula is C21H28O3. The van der Waals surface area contributed by atoms with Crippen molar-refractivity contribution >= 4 is 0 Å². The number of hydrogen-bond donors (Lipinski definition) is 3. The summed E-state index contributed by atoms with van der Waals surface area (Å²) >= 11 is 0. The van der Waals surface area contributed by atoms with Crippen LogP contribution in [0.2, 0.25) is 0 Å². The summed E-state index contributed by atoms with van der Waals surface area (Å²) in [5.74, 6) is -0.0181. The van der Waals surface area contributed by atoms with Crippen molar-refractivity contribution in [3.63, 3.8) is 0 Å². The predicted octanol–water partition coefficient (Wildman–Crippen LogP) is 3.64. The van der Waals surface area contributed by atoms with E-state index in [0.29, 0.717) is 0 Å². The number of aliphatic hydroxyl groups excluding tert-OH is 3. The monoisotopic (exact) mass is 328 g/mol. The standard InChI is InChI=1S/C21H28O3/c1-14(11-22)18-9-19(15(2)12-23)21(17-7-5-4-6-8-17)20(10-18)16(3)13-24/h4-10,14-16,22-24H,11-13H2,1-3H3. The van der Waals surface area contributed by atoms with Gasteiger partial charge in [0.05, 0.1) is 0 Å². The normalized spacial score (nSPS) is 15.1. The van der Waals surface area contributed by atoms with Gasteiger partial charge in [0.15, 0.2) is 0 Å². The van der Waals surface area contributed by atoms with Gasteiger partial charge < -0.3 is 15.3 Å². The highest BCUT2D eigenvalue weighted by molar-refractivity contribution is 5.73. The van der Waals surface area contributed by atoms with Gasteiger partial charge in [0.1, 0.15) is 0 Å². The lowest BCUT2D eigenvalue weighted by molar-refractivity contribution is 0.268. The molecule has 0 amide bonds. The second-order valence-corrected chi connectivity index (χ2v) is 6.69. The quantitative estimate of drug-likeness (QED) is 0.727. The highest BCUT2D eigenvalue weighted by Crippen LogP contribution is 2.38. The third kappa shape index (κ3) is 3.86. The van der Waals surface area contributed by atoms with E-state index in [9.17, 15) is 15.3 Å². The summed E-state index contributed by atoms with van der Waals surface area (Å²) in [7, 11) is 0. The lowest BCUT2D eigenvalue weighted by Crippen LogP contribution is -2.11. The highest BCUT2D eigenvalue weighted by Gasteiger charge is 2.21. The van der Waals surface area contributed by atoms with Crippen LogP contribution < -0.4 is 0 Å². The molecule has 0 bridgehead atoms. The lowest BCUT2D eigenvalue weighted by atomic mass is 9.81. The fourth-order valence-electron chi connectivity index (χ4n) is 3.01. The molecule has 0 saturated carbocycles. The van der Waals surface area contributed by atoms with Crippen molar-refractivity contribution in [2.75, 3.05) is 19.8 Å². The van der Waals surface area contributed by atoms with E-state index < -0.39 is 0 Å². The molecule has 0 aromatic heterocycles. The molecule has 0 fully saturated rings. The van der Waals surface area contributed by atoms with Crippen molar-refractivity contribution in [3.8, 4) is 11.1 Å². The van der Waals surface area contributed by atoms with E-state index in [2.05, 4.69) is 24.3 Å². The van der Waals surface area contributed by atoms with Gasteiger partial charge in [-0.1, -0.05) is 63.2 Å². The molecule has 0 aliphatic carbocycles. The Morgan fingerprint density at radius 1 is 0.708 bits per heavy atom. The molecule has 0 aliphatic rings. The molecule has 3 nitrogen and oxygen atoms in total. The lowest BCUT2D eigenvalue weighted by Gasteiger charge is -2.25. The first kappa shape index (κ1) is 18.7. The van der Waals surface area contributed by atoms with Crippen LogP contribution in [0.1, 0.15) is 55.2 Å². The van der Waals surface area contributed by atoms with Crippen LogP contribution in [0.15, 0.2) is 42.5 Å². The number of aliphatic hydroxyl groups is 3. The smallest absolute Gasteiger partial charge is 0.0497 e.